The highest BCUT2D eigenvalue weighted by molar-refractivity contribution is 8.00. The molecule has 0 saturated carbocycles. The van der Waals surface area contributed by atoms with Gasteiger partial charge in [0, 0.05) is 6.54 Å². The van der Waals surface area contributed by atoms with E-state index in [-0.39, 0.29) is 5.69 Å². The zero-order valence-electron chi connectivity index (χ0n) is 13.7. The summed E-state index contributed by atoms with van der Waals surface area (Å²) in [5.74, 6) is 0.116. The maximum Gasteiger partial charge on any atom is 0.418 e. The Morgan fingerprint density at radius 1 is 1.40 bits per heavy atom. The number of alkyl halides is 3. The highest BCUT2D eigenvalue weighted by atomic mass is 32.2. The van der Waals surface area contributed by atoms with Gasteiger partial charge in [-0.25, -0.2) is 0 Å². The topological polar surface area (TPSA) is 59.8 Å². The second kappa shape index (κ2) is 7.73. The molecule has 0 aliphatic carbocycles. The van der Waals surface area contributed by atoms with E-state index >= 15 is 0 Å². The smallest absolute Gasteiger partial charge is 0.325 e. The van der Waals surface area contributed by atoms with Crippen molar-refractivity contribution in [2.75, 3.05) is 5.32 Å². The zero-order chi connectivity index (χ0) is 18.6. The third-order valence-corrected chi connectivity index (χ3v) is 4.44. The van der Waals surface area contributed by atoms with Crippen LogP contribution in [0.1, 0.15) is 18.3 Å². The number of amides is 1. The van der Waals surface area contributed by atoms with Crippen molar-refractivity contribution in [1.82, 2.24) is 14.8 Å². The van der Waals surface area contributed by atoms with Gasteiger partial charge in [-0.15, -0.1) is 16.8 Å². The number of para-hydroxylation sites is 1. The molecule has 0 radical (unpaired) electrons. The molecule has 2 aromatic rings. The van der Waals surface area contributed by atoms with E-state index in [1.807, 2.05) is 0 Å². The minimum absolute atomic E-state index is 0.267. The van der Waals surface area contributed by atoms with Crippen molar-refractivity contribution < 1.29 is 18.0 Å². The van der Waals surface area contributed by atoms with E-state index in [4.69, 9.17) is 0 Å². The van der Waals surface area contributed by atoms with Gasteiger partial charge in [-0.3, -0.25) is 4.79 Å². The van der Waals surface area contributed by atoms with Gasteiger partial charge in [-0.1, -0.05) is 30.0 Å². The number of nitrogens with one attached hydrogen (secondary N) is 1. The van der Waals surface area contributed by atoms with Gasteiger partial charge >= 0.3 is 6.18 Å². The molecule has 134 valence electrons. The number of anilines is 1. The van der Waals surface area contributed by atoms with Crippen molar-refractivity contribution in [2.45, 2.75) is 37.0 Å². The quantitative estimate of drug-likeness (QED) is 0.619. The Labute approximate surface area is 147 Å². The maximum absolute atomic E-state index is 13.0. The number of carbonyl (C=O) groups excluding carboxylic acids is 1. The summed E-state index contributed by atoms with van der Waals surface area (Å²) in [6.45, 7) is 7.49. The van der Waals surface area contributed by atoms with Gasteiger partial charge < -0.3 is 9.88 Å². The highest BCUT2D eigenvalue weighted by Gasteiger charge is 2.34. The lowest BCUT2D eigenvalue weighted by Crippen LogP contribution is -2.24. The minimum Gasteiger partial charge on any atom is -0.325 e. The molecule has 0 bridgehead atoms. The number of allylic oxidation sites excluding steroid dienone is 1. The molecule has 1 atom stereocenters. The fraction of sp³-hybridized carbons (Fsp3) is 0.312. The van der Waals surface area contributed by atoms with Gasteiger partial charge in [0.15, 0.2) is 5.16 Å². The van der Waals surface area contributed by atoms with Crippen molar-refractivity contribution in [3.05, 3.63) is 48.3 Å². The van der Waals surface area contributed by atoms with Crippen LogP contribution in [0.5, 0.6) is 0 Å². The third kappa shape index (κ3) is 4.62. The Morgan fingerprint density at radius 3 is 2.72 bits per heavy atom. The average Bonchev–Trinajstić information content (AvgIpc) is 2.88. The normalized spacial score (nSPS) is 12.7. The summed E-state index contributed by atoms with van der Waals surface area (Å²) in [7, 11) is 0. The highest BCUT2D eigenvalue weighted by Crippen LogP contribution is 2.35. The third-order valence-electron chi connectivity index (χ3n) is 3.36. The van der Waals surface area contributed by atoms with Crippen LogP contribution in [0.4, 0.5) is 18.9 Å². The molecule has 5 nitrogen and oxygen atoms in total. The number of hydrogen-bond donors (Lipinski definition) is 1. The molecule has 2 rings (SSSR count). The summed E-state index contributed by atoms with van der Waals surface area (Å²) in [5, 5.41) is 10.1. The molecular weight excluding hydrogens is 353 g/mol. The number of aryl methyl sites for hydroxylation is 1. The van der Waals surface area contributed by atoms with Crippen molar-refractivity contribution >= 4 is 23.4 Å². The molecule has 0 spiro atoms. The number of thioether (sulfide) groups is 1. The molecule has 0 aliphatic rings. The average molecular weight is 370 g/mol. The Balaban J connectivity index is 2.13. The van der Waals surface area contributed by atoms with E-state index in [9.17, 15) is 18.0 Å². The number of benzene rings is 1. The lowest BCUT2D eigenvalue weighted by Gasteiger charge is -2.16. The summed E-state index contributed by atoms with van der Waals surface area (Å²) < 4.78 is 40.8. The van der Waals surface area contributed by atoms with Gasteiger partial charge in [0.25, 0.3) is 0 Å². The standard InChI is InChI=1S/C16H17F3N4OS/c1-4-9-23-11(3)21-22-15(23)25-10(2)14(24)20-13-8-6-5-7-12(13)16(17,18)19/h4-8,10H,1,9H2,2-3H3,(H,20,24). The largest absolute Gasteiger partial charge is 0.418 e. The van der Waals surface area contributed by atoms with Gasteiger partial charge in [-0.05, 0) is 26.0 Å². The van der Waals surface area contributed by atoms with E-state index in [1.165, 1.54) is 18.2 Å². The number of rotatable bonds is 6. The molecule has 1 unspecified atom stereocenters. The van der Waals surface area contributed by atoms with E-state index in [2.05, 4.69) is 22.1 Å². The van der Waals surface area contributed by atoms with Crippen LogP contribution < -0.4 is 5.32 Å². The molecule has 9 heteroatoms. The molecular formula is C16H17F3N4OS. The monoisotopic (exact) mass is 370 g/mol. The van der Waals surface area contributed by atoms with Crippen molar-refractivity contribution in [1.29, 1.82) is 0 Å². The van der Waals surface area contributed by atoms with Crippen LogP contribution in [-0.2, 0) is 17.5 Å². The fourth-order valence-electron chi connectivity index (χ4n) is 2.07. The summed E-state index contributed by atoms with van der Waals surface area (Å²) in [4.78, 5) is 12.3. The van der Waals surface area contributed by atoms with Crippen LogP contribution in [0.3, 0.4) is 0 Å². The Hall–Kier alpha value is -2.29. The second-order valence-electron chi connectivity index (χ2n) is 5.22. The number of aromatic nitrogens is 3. The van der Waals surface area contributed by atoms with E-state index in [1.54, 1.807) is 24.5 Å². The lowest BCUT2D eigenvalue weighted by molar-refractivity contribution is -0.137. The number of nitrogens with zero attached hydrogens (tertiary/aromatic N) is 3. The van der Waals surface area contributed by atoms with Crippen LogP contribution in [0.15, 0.2) is 42.1 Å². The van der Waals surface area contributed by atoms with E-state index in [0.29, 0.717) is 17.5 Å². The van der Waals surface area contributed by atoms with E-state index in [0.717, 1.165) is 17.8 Å². The summed E-state index contributed by atoms with van der Waals surface area (Å²) in [6.07, 6.45) is -2.87. The molecule has 0 aliphatic heterocycles. The fourth-order valence-corrected chi connectivity index (χ4v) is 2.98. The first-order chi connectivity index (χ1) is 11.7. The van der Waals surface area contributed by atoms with Crippen LogP contribution >= 0.6 is 11.8 Å². The molecule has 1 aromatic carbocycles. The molecule has 1 aromatic heterocycles. The first-order valence-corrected chi connectivity index (χ1v) is 8.26. The summed E-state index contributed by atoms with van der Waals surface area (Å²) >= 11 is 1.12. The van der Waals surface area contributed by atoms with Gasteiger partial charge in [-0.2, -0.15) is 13.2 Å². The van der Waals surface area contributed by atoms with Gasteiger partial charge in [0.05, 0.1) is 16.5 Å². The first-order valence-electron chi connectivity index (χ1n) is 7.38. The van der Waals surface area contributed by atoms with Crippen LogP contribution in [0, 0.1) is 6.92 Å². The SMILES string of the molecule is C=CCn1c(C)nnc1SC(C)C(=O)Nc1ccccc1C(F)(F)F. The number of hydrogen-bond acceptors (Lipinski definition) is 4. The number of carbonyl (C=O) groups is 1. The Bertz CT molecular complexity index is 773. The first kappa shape index (κ1) is 19.0. The predicted molar refractivity (Wildman–Crippen MR) is 90.3 cm³/mol. The van der Waals surface area contributed by atoms with Crippen LogP contribution in [0.25, 0.3) is 0 Å². The molecule has 0 saturated heterocycles. The second-order valence-corrected chi connectivity index (χ2v) is 6.53. The lowest BCUT2D eigenvalue weighted by atomic mass is 10.1. The van der Waals surface area contributed by atoms with E-state index < -0.39 is 22.9 Å². The Morgan fingerprint density at radius 2 is 2.08 bits per heavy atom. The molecule has 1 N–H and O–H groups in total. The van der Waals surface area contributed by atoms with Gasteiger partial charge in [0.2, 0.25) is 5.91 Å². The van der Waals surface area contributed by atoms with Gasteiger partial charge in [0.1, 0.15) is 5.82 Å². The molecule has 1 heterocycles. The van der Waals surface area contributed by atoms with Crippen LogP contribution in [-0.4, -0.2) is 25.9 Å². The molecule has 1 amide bonds. The van der Waals surface area contributed by atoms with Crippen molar-refractivity contribution in [2.24, 2.45) is 0 Å². The summed E-state index contributed by atoms with van der Waals surface area (Å²) in [6, 6.07) is 4.86. The number of halogens is 3. The minimum atomic E-state index is -4.54. The zero-order valence-corrected chi connectivity index (χ0v) is 14.5. The maximum atomic E-state index is 13.0. The summed E-state index contributed by atoms with van der Waals surface area (Å²) in [5.41, 5.74) is -1.15. The van der Waals surface area contributed by atoms with Crippen LogP contribution in [0.2, 0.25) is 0 Å². The predicted octanol–water partition coefficient (Wildman–Crippen LogP) is 3.91. The van der Waals surface area contributed by atoms with Crippen molar-refractivity contribution in [3.63, 3.8) is 0 Å². The Kier molecular flexibility index (Phi) is 5.89. The molecule has 0 fully saturated rings. The van der Waals surface area contributed by atoms with Crippen molar-refractivity contribution in [3.8, 4) is 0 Å². The molecule has 25 heavy (non-hydrogen) atoms.